The lowest BCUT2D eigenvalue weighted by molar-refractivity contribution is -0.141. The van der Waals surface area contributed by atoms with Gasteiger partial charge in [0.2, 0.25) is 0 Å². The van der Waals surface area contributed by atoms with Crippen molar-refractivity contribution in [2.45, 2.75) is 30.3 Å². The molecule has 2 aromatic rings. The molecular formula is C20H16F3N3OS. The molecule has 1 heterocycles. The number of aromatic nitrogens is 1. The van der Waals surface area contributed by atoms with E-state index in [1.165, 1.54) is 17.8 Å². The largest absolute Gasteiger partial charge is 0.433 e. The molecule has 144 valence electrons. The van der Waals surface area contributed by atoms with Crippen LogP contribution in [0.15, 0.2) is 52.7 Å². The molecule has 0 unspecified atom stereocenters. The highest BCUT2D eigenvalue weighted by molar-refractivity contribution is 7.98. The number of benzene rings is 1. The van der Waals surface area contributed by atoms with Crippen molar-refractivity contribution in [3.8, 4) is 6.07 Å². The molecule has 1 aliphatic carbocycles. The quantitative estimate of drug-likeness (QED) is 0.715. The highest BCUT2D eigenvalue weighted by atomic mass is 32.2. The van der Waals surface area contributed by atoms with Gasteiger partial charge in [-0.25, -0.2) is 0 Å². The molecule has 0 spiro atoms. The molecule has 1 N–H and O–H groups in total. The van der Waals surface area contributed by atoms with Gasteiger partial charge in [-0.1, -0.05) is 6.07 Å². The molecule has 0 saturated carbocycles. The molecule has 0 atom stereocenters. The Kier molecular flexibility index (Phi) is 5.75. The Morgan fingerprint density at radius 3 is 2.71 bits per heavy atom. The smallest absolute Gasteiger partial charge is 0.358 e. The number of hydrogen-bond donors (Lipinski definition) is 1. The van der Waals surface area contributed by atoms with Crippen LogP contribution < -0.4 is 5.32 Å². The molecule has 1 aliphatic rings. The maximum atomic E-state index is 12.9. The van der Waals surface area contributed by atoms with Gasteiger partial charge < -0.3 is 5.32 Å². The second kappa shape index (κ2) is 8.07. The second-order valence-electron chi connectivity index (χ2n) is 6.25. The molecule has 0 aliphatic heterocycles. The number of carbonyl (C=O) groups is 1. The summed E-state index contributed by atoms with van der Waals surface area (Å²) in [7, 11) is 0. The van der Waals surface area contributed by atoms with E-state index >= 15 is 0 Å². The number of halogens is 3. The van der Waals surface area contributed by atoms with Crippen molar-refractivity contribution in [3.05, 3.63) is 64.6 Å². The van der Waals surface area contributed by atoms with Crippen LogP contribution >= 0.6 is 11.8 Å². The summed E-state index contributed by atoms with van der Waals surface area (Å²) in [4.78, 5) is 16.6. The highest BCUT2D eigenvalue weighted by Crippen LogP contribution is 2.33. The fourth-order valence-corrected chi connectivity index (χ4v) is 3.69. The zero-order chi connectivity index (χ0) is 20.3. The second-order valence-corrected chi connectivity index (χ2v) is 7.10. The van der Waals surface area contributed by atoms with Crippen molar-refractivity contribution in [1.82, 2.24) is 4.98 Å². The SMILES string of the molecule is CSc1cc(C#N)ccc1CC1=C(Nc2ccnc(C(F)(F)F)c2)CCC1=O. The number of nitriles is 1. The van der Waals surface area contributed by atoms with Crippen LogP contribution in [0, 0.1) is 11.3 Å². The summed E-state index contributed by atoms with van der Waals surface area (Å²) >= 11 is 1.48. The molecule has 28 heavy (non-hydrogen) atoms. The van der Waals surface area contributed by atoms with Crippen LogP contribution in [0.3, 0.4) is 0 Å². The van der Waals surface area contributed by atoms with E-state index in [1.54, 1.807) is 12.1 Å². The van der Waals surface area contributed by atoms with Gasteiger partial charge in [0.1, 0.15) is 5.69 Å². The van der Waals surface area contributed by atoms with Crippen molar-refractivity contribution in [3.63, 3.8) is 0 Å². The summed E-state index contributed by atoms with van der Waals surface area (Å²) in [5.74, 6) is -0.0241. The van der Waals surface area contributed by atoms with E-state index < -0.39 is 11.9 Å². The predicted molar refractivity (Wildman–Crippen MR) is 101 cm³/mol. The van der Waals surface area contributed by atoms with Gasteiger partial charge >= 0.3 is 6.18 Å². The third kappa shape index (κ3) is 4.37. The minimum Gasteiger partial charge on any atom is -0.358 e. The Morgan fingerprint density at radius 2 is 2.04 bits per heavy atom. The first-order valence-corrected chi connectivity index (χ1v) is 9.67. The summed E-state index contributed by atoms with van der Waals surface area (Å²) in [5.41, 5.74) is 1.89. The topological polar surface area (TPSA) is 65.8 Å². The van der Waals surface area contributed by atoms with E-state index in [2.05, 4.69) is 16.4 Å². The number of nitrogens with one attached hydrogen (secondary N) is 1. The van der Waals surface area contributed by atoms with E-state index in [0.29, 0.717) is 36.1 Å². The van der Waals surface area contributed by atoms with Gasteiger partial charge in [0, 0.05) is 40.9 Å². The fourth-order valence-electron chi connectivity index (χ4n) is 3.04. The van der Waals surface area contributed by atoms with Gasteiger partial charge in [-0.2, -0.15) is 18.4 Å². The Labute approximate surface area is 164 Å². The van der Waals surface area contributed by atoms with Crippen LogP contribution in [0.5, 0.6) is 0 Å². The Balaban J connectivity index is 1.90. The van der Waals surface area contributed by atoms with Gasteiger partial charge in [0.15, 0.2) is 5.78 Å². The lowest BCUT2D eigenvalue weighted by Crippen LogP contribution is -2.09. The fraction of sp³-hybridized carbons (Fsp3) is 0.250. The molecule has 8 heteroatoms. The number of hydrogen-bond acceptors (Lipinski definition) is 5. The van der Waals surface area contributed by atoms with Gasteiger partial charge in [-0.15, -0.1) is 11.8 Å². The van der Waals surface area contributed by atoms with E-state index in [-0.39, 0.29) is 11.5 Å². The molecule has 0 amide bonds. The summed E-state index contributed by atoms with van der Waals surface area (Å²) in [6.07, 6.45) is -0.423. The number of anilines is 1. The number of ketones is 1. The van der Waals surface area contributed by atoms with Crippen molar-refractivity contribution in [2.24, 2.45) is 0 Å². The Bertz CT molecular complexity index is 993. The lowest BCUT2D eigenvalue weighted by atomic mass is 10.0. The zero-order valence-electron chi connectivity index (χ0n) is 14.9. The molecule has 1 aromatic heterocycles. The van der Waals surface area contributed by atoms with Crippen LogP contribution in [-0.4, -0.2) is 17.0 Å². The van der Waals surface area contributed by atoms with E-state index in [9.17, 15) is 18.0 Å². The normalized spacial score (nSPS) is 14.3. The first-order chi connectivity index (χ1) is 13.3. The van der Waals surface area contributed by atoms with E-state index in [1.807, 2.05) is 12.3 Å². The van der Waals surface area contributed by atoms with Crippen LogP contribution in [-0.2, 0) is 17.4 Å². The standard InChI is InChI=1S/C20H16F3N3OS/c1-28-18-8-12(11-24)2-3-13(18)9-15-16(4-5-17(15)27)26-14-6-7-25-19(10-14)20(21,22)23/h2-3,6-8,10H,4-5,9H2,1H3,(H,25,26). The van der Waals surface area contributed by atoms with Gasteiger partial charge in [-0.3, -0.25) is 9.78 Å². The van der Waals surface area contributed by atoms with Gasteiger partial charge in [0.25, 0.3) is 0 Å². The maximum absolute atomic E-state index is 12.9. The number of pyridine rings is 1. The monoisotopic (exact) mass is 403 g/mol. The third-order valence-electron chi connectivity index (χ3n) is 4.43. The lowest BCUT2D eigenvalue weighted by Gasteiger charge is -2.13. The molecule has 3 rings (SSSR count). The molecule has 0 bridgehead atoms. The Morgan fingerprint density at radius 1 is 1.25 bits per heavy atom. The summed E-state index contributed by atoms with van der Waals surface area (Å²) in [6, 6.07) is 9.74. The number of allylic oxidation sites excluding steroid dienone is 2. The summed E-state index contributed by atoms with van der Waals surface area (Å²) in [5, 5.41) is 12.0. The van der Waals surface area contributed by atoms with Gasteiger partial charge in [-0.05, 0) is 42.5 Å². The Hall–Kier alpha value is -2.79. The third-order valence-corrected chi connectivity index (χ3v) is 5.25. The van der Waals surface area contributed by atoms with Gasteiger partial charge in [0.05, 0.1) is 11.6 Å². The van der Waals surface area contributed by atoms with Crippen LogP contribution in [0.4, 0.5) is 18.9 Å². The number of alkyl halides is 3. The number of nitrogens with zero attached hydrogens (tertiary/aromatic N) is 2. The average Bonchev–Trinajstić information content (AvgIpc) is 3.01. The number of thioether (sulfide) groups is 1. The summed E-state index contributed by atoms with van der Waals surface area (Å²) < 4.78 is 38.6. The van der Waals surface area contributed by atoms with E-state index in [4.69, 9.17) is 5.26 Å². The van der Waals surface area contributed by atoms with E-state index in [0.717, 1.165) is 22.7 Å². The molecule has 0 fully saturated rings. The van der Waals surface area contributed by atoms with Crippen LogP contribution in [0.2, 0.25) is 0 Å². The minimum atomic E-state index is -4.53. The number of rotatable bonds is 5. The minimum absolute atomic E-state index is 0.0241. The maximum Gasteiger partial charge on any atom is 0.433 e. The molecule has 1 aromatic carbocycles. The molecule has 0 saturated heterocycles. The number of carbonyl (C=O) groups excluding carboxylic acids is 1. The summed E-state index contributed by atoms with van der Waals surface area (Å²) in [6.45, 7) is 0. The van der Waals surface area contributed by atoms with Crippen molar-refractivity contribution >= 4 is 23.2 Å². The first kappa shape index (κ1) is 20.0. The van der Waals surface area contributed by atoms with Crippen molar-refractivity contribution < 1.29 is 18.0 Å². The van der Waals surface area contributed by atoms with Crippen molar-refractivity contribution in [1.29, 1.82) is 5.26 Å². The highest BCUT2D eigenvalue weighted by Gasteiger charge is 2.32. The molecule has 0 radical (unpaired) electrons. The zero-order valence-corrected chi connectivity index (χ0v) is 15.7. The predicted octanol–water partition coefficient (Wildman–Crippen LogP) is 4.97. The average molecular weight is 403 g/mol. The number of Topliss-reactive ketones (excluding diaryl/α,β-unsaturated/α-hetero) is 1. The first-order valence-electron chi connectivity index (χ1n) is 8.44. The molecular weight excluding hydrogens is 387 g/mol. The van der Waals surface area contributed by atoms with Crippen LogP contribution in [0.25, 0.3) is 0 Å². The molecule has 4 nitrogen and oxygen atoms in total. The van der Waals surface area contributed by atoms with Crippen molar-refractivity contribution in [2.75, 3.05) is 11.6 Å². The van der Waals surface area contributed by atoms with Crippen LogP contribution in [0.1, 0.15) is 29.7 Å².